The molecule has 1 aliphatic rings. The monoisotopic (exact) mass is 386 g/mol. The minimum atomic E-state index is 0.590. The number of aromatic nitrogens is 2. The summed E-state index contributed by atoms with van der Waals surface area (Å²) in [7, 11) is 0. The first kappa shape index (κ1) is 16.8. The summed E-state index contributed by atoms with van der Waals surface area (Å²) in [6.07, 6.45) is 1.87. The lowest BCUT2D eigenvalue weighted by Gasteiger charge is -2.35. The summed E-state index contributed by atoms with van der Waals surface area (Å²) in [6.45, 7) is 3.71. The zero-order valence-electron chi connectivity index (χ0n) is 15.2. The number of imidazole rings is 1. The zero-order valence-corrected chi connectivity index (χ0v) is 16.0. The molecule has 0 atom stereocenters. The van der Waals surface area contributed by atoms with E-state index in [9.17, 15) is 5.26 Å². The second kappa shape index (κ2) is 6.98. The molecule has 6 nitrogen and oxygen atoms in total. The molecule has 0 saturated carbocycles. The number of hydrogen-bond acceptors (Lipinski definition) is 5. The summed E-state index contributed by atoms with van der Waals surface area (Å²) in [4.78, 5) is 15.3. The quantitative estimate of drug-likeness (QED) is 0.396. The van der Waals surface area contributed by atoms with Crippen LogP contribution in [-0.2, 0) is 0 Å². The molecule has 1 saturated heterocycles. The molecule has 0 radical (unpaired) electrons. The van der Waals surface area contributed by atoms with Crippen molar-refractivity contribution in [2.75, 3.05) is 31.1 Å². The lowest BCUT2D eigenvalue weighted by Crippen LogP contribution is -2.45. The molecule has 4 aromatic rings. The second-order valence-corrected chi connectivity index (χ2v) is 7.67. The Morgan fingerprint density at radius 2 is 1.75 bits per heavy atom. The van der Waals surface area contributed by atoms with E-state index in [4.69, 9.17) is 4.99 Å². The maximum Gasteiger partial charge on any atom is 0.197 e. The predicted octanol–water partition coefficient (Wildman–Crippen LogP) is 3.90. The topological polar surface area (TPSA) is 59.9 Å². The van der Waals surface area contributed by atoms with E-state index in [1.165, 1.54) is 17.0 Å². The van der Waals surface area contributed by atoms with Gasteiger partial charge in [0.15, 0.2) is 15.7 Å². The van der Waals surface area contributed by atoms with Gasteiger partial charge >= 0.3 is 0 Å². The van der Waals surface area contributed by atoms with Gasteiger partial charge in [-0.25, -0.2) is 9.98 Å². The van der Waals surface area contributed by atoms with Crippen LogP contribution in [-0.4, -0.2) is 46.8 Å². The van der Waals surface area contributed by atoms with E-state index in [1.807, 2.05) is 41.1 Å². The average molecular weight is 386 g/mol. The molecule has 5 rings (SSSR count). The number of hydrogen-bond donors (Lipinski definition) is 0. The zero-order chi connectivity index (χ0) is 18.9. The van der Waals surface area contributed by atoms with Gasteiger partial charge in [0, 0.05) is 31.9 Å². The van der Waals surface area contributed by atoms with Crippen LogP contribution in [0.5, 0.6) is 0 Å². The first-order valence-corrected chi connectivity index (χ1v) is 10.0. The SMILES string of the molecule is N#Cc1sc2nc3ccccc3n2c1/N=C/N1CCN(c2ccccc2)CC1. The second-order valence-electron chi connectivity index (χ2n) is 6.69. The maximum absolute atomic E-state index is 9.53. The highest BCUT2D eigenvalue weighted by atomic mass is 32.1. The van der Waals surface area contributed by atoms with Gasteiger partial charge < -0.3 is 9.80 Å². The van der Waals surface area contributed by atoms with Crippen LogP contribution in [0.15, 0.2) is 59.6 Å². The van der Waals surface area contributed by atoms with Gasteiger partial charge in [-0.15, -0.1) is 0 Å². The number of rotatable bonds is 3. The molecule has 2 aromatic carbocycles. The lowest BCUT2D eigenvalue weighted by atomic mass is 10.2. The first-order chi connectivity index (χ1) is 13.8. The molecule has 0 N–H and O–H groups in total. The van der Waals surface area contributed by atoms with Gasteiger partial charge in [-0.1, -0.05) is 41.7 Å². The number of thiazole rings is 1. The Hall–Kier alpha value is -3.37. The third-order valence-electron chi connectivity index (χ3n) is 5.02. The number of anilines is 1. The van der Waals surface area contributed by atoms with Crippen molar-refractivity contribution in [1.82, 2.24) is 14.3 Å². The van der Waals surface area contributed by atoms with Gasteiger partial charge in [0.1, 0.15) is 6.07 Å². The van der Waals surface area contributed by atoms with Crippen LogP contribution in [0.3, 0.4) is 0 Å². The largest absolute Gasteiger partial charge is 0.368 e. The number of fused-ring (bicyclic) bond motifs is 3. The number of benzene rings is 2. The molecule has 138 valence electrons. The molecule has 0 aliphatic carbocycles. The van der Waals surface area contributed by atoms with Crippen LogP contribution in [0.1, 0.15) is 4.88 Å². The summed E-state index contributed by atoms with van der Waals surface area (Å²) in [5.41, 5.74) is 3.16. The lowest BCUT2D eigenvalue weighted by molar-refractivity contribution is 0.396. The van der Waals surface area contributed by atoms with E-state index in [1.54, 1.807) is 0 Å². The van der Waals surface area contributed by atoms with Crippen LogP contribution in [0.2, 0.25) is 0 Å². The van der Waals surface area contributed by atoms with Gasteiger partial charge in [0.05, 0.1) is 17.4 Å². The first-order valence-electron chi connectivity index (χ1n) is 9.22. The normalized spacial score (nSPS) is 15.0. The Morgan fingerprint density at radius 1 is 1.00 bits per heavy atom. The van der Waals surface area contributed by atoms with Gasteiger partial charge in [-0.3, -0.25) is 4.40 Å². The predicted molar refractivity (Wildman–Crippen MR) is 114 cm³/mol. The van der Waals surface area contributed by atoms with Gasteiger partial charge in [0.2, 0.25) is 0 Å². The van der Waals surface area contributed by atoms with Gasteiger partial charge in [-0.2, -0.15) is 5.26 Å². The van der Waals surface area contributed by atoms with Crippen LogP contribution in [0, 0.1) is 11.3 Å². The molecule has 1 fully saturated rings. The van der Waals surface area contributed by atoms with Crippen molar-refractivity contribution in [3.63, 3.8) is 0 Å². The highest BCUT2D eigenvalue weighted by Gasteiger charge is 2.18. The van der Waals surface area contributed by atoms with Crippen LogP contribution in [0.25, 0.3) is 16.0 Å². The molecule has 28 heavy (non-hydrogen) atoms. The summed E-state index contributed by atoms with van der Waals surface area (Å²) in [5.74, 6) is 0.668. The minimum absolute atomic E-state index is 0.590. The number of nitriles is 1. The van der Waals surface area contributed by atoms with E-state index in [0.717, 1.165) is 42.2 Å². The highest BCUT2D eigenvalue weighted by molar-refractivity contribution is 7.18. The van der Waals surface area contributed by atoms with Crippen molar-refractivity contribution >= 4 is 45.2 Å². The maximum atomic E-state index is 9.53. The molecule has 0 bridgehead atoms. The molecule has 2 aromatic heterocycles. The molecule has 7 heteroatoms. The molecular formula is C21H18N6S. The van der Waals surface area contributed by atoms with E-state index >= 15 is 0 Å². The fourth-order valence-electron chi connectivity index (χ4n) is 3.58. The Labute approximate surface area is 166 Å². The number of nitrogens with zero attached hydrogens (tertiary/aromatic N) is 6. The van der Waals surface area contributed by atoms with E-state index in [-0.39, 0.29) is 0 Å². The summed E-state index contributed by atoms with van der Waals surface area (Å²) in [6, 6.07) is 20.7. The van der Waals surface area contributed by atoms with Crippen molar-refractivity contribution in [3.8, 4) is 6.07 Å². The van der Waals surface area contributed by atoms with Gasteiger partial charge in [0.25, 0.3) is 0 Å². The molecule has 0 unspecified atom stereocenters. The average Bonchev–Trinajstić information content (AvgIpc) is 3.29. The summed E-state index contributed by atoms with van der Waals surface area (Å²) in [5, 5.41) is 9.53. The van der Waals surface area contributed by atoms with Crippen LogP contribution < -0.4 is 4.90 Å². The smallest absolute Gasteiger partial charge is 0.197 e. The minimum Gasteiger partial charge on any atom is -0.368 e. The van der Waals surface area contributed by atoms with Crippen molar-refractivity contribution in [1.29, 1.82) is 5.26 Å². The fourth-order valence-corrected chi connectivity index (χ4v) is 4.46. The number of piperazine rings is 1. The molecule has 0 amide bonds. The standard InChI is InChI=1S/C21H18N6S/c22-14-19-20(27-18-9-5-4-8-17(18)24-21(27)28-19)23-15-25-10-12-26(13-11-25)16-6-2-1-3-7-16/h1-9,15H,10-13H2/b23-15+. The Morgan fingerprint density at radius 3 is 2.54 bits per heavy atom. The van der Waals surface area contributed by atoms with Crippen molar-refractivity contribution < 1.29 is 0 Å². The third kappa shape index (κ3) is 2.88. The van der Waals surface area contributed by atoms with Gasteiger partial charge in [-0.05, 0) is 24.3 Å². The fraction of sp³-hybridized carbons (Fsp3) is 0.190. The van der Waals surface area contributed by atoms with E-state index in [0.29, 0.717) is 10.7 Å². The molecule has 0 spiro atoms. The molecule has 3 heterocycles. The molecule has 1 aliphatic heterocycles. The van der Waals surface area contributed by atoms with Crippen molar-refractivity contribution in [3.05, 3.63) is 59.5 Å². The molecular weight excluding hydrogens is 368 g/mol. The van der Waals surface area contributed by atoms with Crippen molar-refractivity contribution in [2.45, 2.75) is 0 Å². The number of para-hydroxylation sites is 3. The highest BCUT2D eigenvalue weighted by Crippen LogP contribution is 2.33. The number of aliphatic imine (C=N–C) groups is 1. The third-order valence-corrected chi connectivity index (χ3v) is 5.95. The van der Waals surface area contributed by atoms with Crippen molar-refractivity contribution in [2.24, 2.45) is 4.99 Å². The summed E-state index contributed by atoms with van der Waals surface area (Å²) >= 11 is 1.38. The van der Waals surface area contributed by atoms with Crippen LogP contribution >= 0.6 is 11.3 Å². The Kier molecular flexibility index (Phi) is 4.18. The van der Waals surface area contributed by atoms with Crippen LogP contribution in [0.4, 0.5) is 11.5 Å². The van der Waals surface area contributed by atoms with E-state index < -0.39 is 0 Å². The summed E-state index contributed by atoms with van der Waals surface area (Å²) < 4.78 is 1.98. The Balaban J connectivity index is 1.40. The Bertz CT molecular complexity index is 1190. The van der Waals surface area contributed by atoms with E-state index in [2.05, 4.69) is 45.1 Å².